The zero-order valence-corrected chi connectivity index (χ0v) is 8.63. The zero-order valence-electron chi connectivity index (χ0n) is 7.06. The Labute approximate surface area is 73.7 Å². The second-order valence-corrected chi connectivity index (χ2v) is 4.90. The van der Waals surface area contributed by atoms with Crippen molar-refractivity contribution in [3.63, 3.8) is 0 Å². The molecule has 0 N–H and O–H groups in total. The first-order valence-electron chi connectivity index (χ1n) is 3.92. The molecule has 0 aliphatic heterocycles. The summed E-state index contributed by atoms with van der Waals surface area (Å²) < 4.78 is 0. The van der Waals surface area contributed by atoms with Crippen LogP contribution in [0.15, 0.2) is 0 Å². The predicted molar refractivity (Wildman–Crippen MR) is 52.1 cm³/mol. The van der Waals surface area contributed by atoms with Crippen LogP contribution >= 0.6 is 23.4 Å². The first kappa shape index (κ1) is 10.6. The lowest BCUT2D eigenvalue weighted by Crippen LogP contribution is -2.03. The van der Waals surface area contributed by atoms with Crippen LogP contribution in [0.4, 0.5) is 0 Å². The molecule has 0 aromatic rings. The molecule has 0 saturated heterocycles. The molecular weight excluding hydrogens is 164 g/mol. The maximum absolute atomic E-state index is 5.61. The van der Waals surface area contributed by atoms with E-state index in [4.69, 9.17) is 11.6 Å². The SMILES string of the molecule is CCC(C)SC(C)CCCl. The van der Waals surface area contributed by atoms with Gasteiger partial charge < -0.3 is 0 Å². The molecule has 0 spiro atoms. The highest BCUT2D eigenvalue weighted by Crippen LogP contribution is 2.21. The van der Waals surface area contributed by atoms with Crippen molar-refractivity contribution in [3.8, 4) is 0 Å². The van der Waals surface area contributed by atoms with Crippen LogP contribution in [0.2, 0.25) is 0 Å². The molecule has 10 heavy (non-hydrogen) atoms. The average Bonchev–Trinajstić information content (AvgIpc) is 1.88. The van der Waals surface area contributed by atoms with Gasteiger partial charge in [0.15, 0.2) is 0 Å². The van der Waals surface area contributed by atoms with E-state index in [-0.39, 0.29) is 0 Å². The van der Waals surface area contributed by atoms with Gasteiger partial charge in [-0.05, 0) is 12.8 Å². The number of hydrogen-bond donors (Lipinski definition) is 0. The molecule has 0 fully saturated rings. The molecule has 0 aliphatic rings. The Balaban J connectivity index is 3.27. The molecule has 2 unspecified atom stereocenters. The van der Waals surface area contributed by atoms with Crippen LogP contribution in [-0.2, 0) is 0 Å². The van der Waals surface area contributed by atoms with E-state index in [1.165, 1.54) is 6.42 Å². The van der Waals surface area contributed by atoms with Crippen molar-refractivity contribution in [2.75, 3.05) is 5.88 Å². The van der Waals surface area contributed by atoms with Gasteiger partial charge in [0.05, 0.1) is 0 Å². The molecule has 0 aromatic carbocycles. The minimum Gasteiger partial charge on any atom is -0.156 e. The fourth-order valence-corrected chi connectivity index (χ4v) is 2.41. The van der Waals surface area contributed by atoms with E-state index in [2.05, 4.69) is 20.8 Å². The van der Waals surface area contributed by atoms with Gasteiger partial charge in [-0.3, -0.25) is 0 Å². The lowest BCUT2D eigenvalue weighted by atomic mass is 10.4. The quantitative estimate of drug-likeness (QED) is 0.584. The highest BCUT2D eigenvalue weighted by molar-refractivity contribution is 8.00. The summed E-state index contributed by atoms with van der Waals surface area (Å²) >= 11 is 7.65. The Morgan fingerprint density at radius 1 is 1.30 bits per heavy atom. The second kappa shape index (κ2) is 6.36. The van der Waals surface area contributed by atoms with Gasteiger partial charge in [0.1, 0.15) is 0 Å². The van der Waals surface area contributed by atoms with Gasteiger partial charge in [-0.1, -0.05) is 20.8 Å². The Hall–Kier alpha value is 0.640. The zero-order chi connectivity index (χ0) is 7.98. The normalized spacial score (nSPS) is 16.8. The molecule has 0 nitrogen and oxygen atoms in total. The van der Waals surface area contributed by atoms with Crippen LogP contribution in [0.5, 0.6) is 0 Å². The van der Waals surface area contributed by atoms with Crippen molar-refractivity contribution in [2.24, 2.45) is 0 Å². The first-order valence-corrected chi connectivity index (χ1v) is 5.39. The summed E-state index contributed by atoms with van der Waals surface area (Å²) in [5.41, 5.74) is 0. The third-order valence-corrected chi connectivity index (χ3v) is 3.27. The fourth-order valence-electron chi connectivity index (χ4n) is 0.714. The van der Waals surface area contributed by atoms with Crippen molar-refractivity contribution in [1.29, 1.82) is 0 Å². The average molecular weight is 181 g/mol. The van der Waals surface area contributed by atoms with Crippen LogP contribution < -0.4 is 0 Å². The molecule has 0 heterocycles. The summed E-state index contributed by atoms with van der Waals surface area (Å²) in [5, 5.41) is 1.52. The summed E-state index contributed by atoms with van der Waals surface area (Å²) in [4.78, 5) is 0. The van der Waals surface area contributed by atoms with E-state index in [0.717, 1.165) is 22.8 Å². The Bertz CT molecular complexity index is 75.7. The summed E-state index contributed by atoms with van der Waals surface area (Å²) in [6, 6.07) is 0. The Kier molecular flexibility index (Phi) is 6.76. The van der Waals surface area contributed by atoms with Crippen LogP contribution in [0.3, 0.4) is 0 Å². The van der Waals surface area contributed by atoms with E-state index >= 15 is 0 Å². The van der Waals surface area contributed by atoms with E-state index in [1.54, 1.807) is 0 Å². The molecule has 0 aromatic heterocycles. The van der Waals surface area contributed by atoms with E-state index in [0.29, 0.717) is 0 Å². The molecule has 0 bridgehead atoms. The highest BCUT2D eigenvalue weighted by Gasteiger charge is 2.05. The largest absolute Gasteiger partial charge is 0.156 e. The molecule has 0 aliphatic carbocycles. The Morgan fingerprint density at radius 2 is 1.90 bits per heavy atom. The topological polar surface area (TPSA) is 0 Å². The lowest BCUT2D eigenvalue weighted by Gasteiger charge is -2.13. The lowest BCUT2D eigenvalue weighted by molar-refractivity contribution is 0.863. The van der Waals surface area contributed by atoms with Gasteiger partial charge in [0.2, 0.25) is 0 Å². The van der Waals surface area contributed by atoms with Crippen molar-refractivity contribution in [3.05, 3.63) is 0 Å². The maximum atomic E-state index is 5.61. The van der Waals surface area contributed by atoms with Crippen LogP contribution in [-0.4, -0.2) is 16.4 Å². The van der Waals surface area contributed by atoms with Crippen LogP contribution in [0, 0.1) is 0 Å². The second-order valence-electron chi connectivity index (χ2n) is 2.64. The van der Waals surface area contributed by atoms with Crippen molar-refractivity contribution >= 4 is 23.4 Å². The van der Waals surface area contributed by atoms with Crippen molar-refractivity contribution in [1.82, 2.24) is 0 Å². The molecule has 2 heteroatoms. The van der Waals surface area contributed by atoms with Crippen molar-refractivity contribution < 1.29 is 0 Å². The van der Waals surface area contributed by atoms with Gasteiger partial charge in [-0.15, -0.1) is 11.6 Å². The monoisotopic (exact) mass is 180 g/mol. The molecule has 0 radical (unpaired) electrons. The van der Waals surface area contributed by atoms with E-state index in [9.17, 15) is 0 Å². The number of rotatable bonds is 5. The molecule has 62 valence electrons. The molecule has 0 saturated carbocycles. The van der Waals surface area contributed by atoms with Gasteiger partial charge >= 0.3 is 0 Å². The smallest absolute Gasteiger partial charge is 0.0233 e. The van der Waals surface area contributed by atoms with E-state index in [1.807, 2.05) is 11.8 Å². The minimum atomic E-state index is 0.729. The summed E-state index contributed by atoms with van der Waals surface area (Å²) in [7, 11) is 0. The highest BCUT2D eigenvalue weighted by atomic mass is 35.5. The molecule has 0 rings (SSSR count). The molecule has 0 amide bonds. The van der Waals surface area contributed by atoms with E-state index < -0.39 is 0 Å². The Morgan fingerprint density at radius 3 is 2.30 bits per heavy atom. The summed E-state index contributed by atoms with van der Waals surface area (Å²) in [5.74, 6) is 0.796. The standard InChI is InChI=1S/C8H17ClS/c1-4-7(2)10-8(3)5-6-9/h7-8H,4-6H2,1-3H3. The first-order chi connectivity index (χ1) is 4.70. The number of alkyl halides is 1. The molecular formula is C8H17ClS. The number of hydrogen-bond acceptors (Lipinski definition) is 1. The van der Waals surface area contributed by atoms with Crippen LogP contribution in [0.1, 0.15) is 33.6 Å². The summed E-state index contributed by atoms with van der Waals surface area (Å²) in [6.45, 7) is 6.75. The van der Waals surface area contributed by atoms with Gasteiger partial charge in [0.25, 0.3) is 0 Å². The van der Waals surface area contributed by atoms with Crippen molar-refractivity contribution in [2.45, 2.75) is 44.1 Å². The third kappa shape index (κ3) is 5.43. The van der Waals surface area contributed by atoms with Crippen LogP contribution in [0.25, 0.3) is 0 Å². The number of halogens is 1. The third-order valence-electron chi connectivity index (χ3n) is 1.56. The number of thioether (sulfide) groups is 1. The van der Waals surface area contributed by atoms with Gasteiger partial charge in [-0.2, -0.15) is 11.8 Å². The van der Waals surface area contributed by atoms with Gasteiger partial charge in [0, 0.05) is 16.4 Å². The summed E-state index contributed by atoms with van der Waals surface area (Å²) in [6.07, 6.45) is 2.40. The molecule has 2 atom stereocenters. The maximum Gasteiger partial charge on any atom is 0.0233 e. The fraction of sp³-hybridized carbons (Fsp3) is 1.00. The predicted octanol–water partition coefficient (Wildman–Crippen LogP) is 3.54. The minimum absolute atomic E-state index is 0.729. The van der Waals surface area contributed by atoms with Gasteiger partial charge in [-0.25, -0.2) is 0 Å².